The van der Waals surface area contributed by atoms with E-state index in [2.05, 4.69) is 26.5 Å². The normalized spacial score (nSPS) is 12.4. The van der Waals surface area contributed by atoms with Crippen LogP contribution in [0.5, 0.6) is 0 Å². The van der Waals surface area contributed by atoms with Crippen molar-refractivity contribution in [2.24, 2.45) is 0 Å². The van der Waals surface area contributed by atoms with Gasteiger partial charge < -0.3 is 17.5 Å². The van der Waals surface area contributed by atoms with Gasteiger partial charge >= 0.3 is 27.0 Å². The number of nitrogens with zero attached hydrogens (tertiary/aromatic N) is 2. The predicted molar refractivity (Wildman–Crippen MR) is 155 cm³/mol. The van der Waals surface area contributed by atoms with Crippen LogP contribution in [0.3, 0.4) is 0 Å². The van der Waals surface area contributed by atoms with E-state index in [1.165, 1.54) is 5.56 Å². The van der Waals surface area contributed by atoms with Crippen LogP contribution in [-0.4, -0.2) is 15.0 Å². The Balaban J connectivity index is 0.00000165. The standard InChI is InChI=1S/C30H30N2O2S.CH3.ClH.Ru/c1-24-19-21-28(22-20-24)35(33,34)32-30(27-17-9-4-10-18-27)29(26-15-7-3-8-16-26)31-23-11-14-25-12-5-2-6-13-25;;;/h2-10,12-13,15-22,29-30H,11,14,23H2,1H3;1H3;1H;/q-2;-1;;+4/p-1/t29-,30-;;;/m0.../s1. The zero-order chi connectivity index (χ0) is 26.5. The van der Waals surface area contributed by atoms with E-state index in [-0.39, 0.29) is 12.3 Å². The van der Waals surface area contributed by atoms with E-state index in [0.717, 1.165) is 29.5 Å². The van der Waals surface area contributed by atoms with Crippen LogP contribution in [0, 0.1) is 14.4 Å². The molecule has 0 aliphatic rings. The third kappa shape index (κ3) is 9.45. The van der Waals surface area contributed by atoms with Crippen molar-refractivity contribution in [1.82, 2.24) is 0 Å². The van der Waals surface area contributed by atoms with E-state index in [1.54, 1.807) is 24.3 Å². The van der Waals surface area contributed by atoms with Crippen molar-refractivity contribution in [2.75, 3.05) is 6.54 Å². The van der Waals surface area contributed by atoms with Crippen LogP contribution in [0.25, 0.3) is 10.0 Å². The van der Waals surface area contributed by atoms with E-state index in [0.29, 0.717) is 6.54 Å². The van der Waals surface area contributed by atoms with Crippen LogP contribution < -0.4 is 0 Å². The first-order valence-corrected chi connectivity index (χ1v) is 15.7. The Morgan fingerprint density at radius 1 is 0.711 bits per heavy atom. The first-order valence-electron chi connectivity index (χ1n) is 12.0. The Bertz CT molecular complexity index is 1290. The fourth-order valence-corrected chi connectivity index (χ4v) is 5.21. The Kier molecular flexibility index (Phi) is 13.9. The zero-order valence-electron chi connectivity index (χ0n) is 21.6. The van der Waals surface area contributed by atoms with Crippen LogP contribution in [0.2, 0.25) is 0 Å². The summed E-state index contributed by atoms with van der Waals surface area (Å²) in [6.45, 7) is 2.54. The number of rotatable bonds is 11. The van der Waals surface area contributed by atoms with Crippen LogP contribution in [0.4, 0.5) is 0 Å². The number of benzene rings is 4. The number of hydrogen-bond donors (Lipinski definition) is 0. The molecular weight excluding hydrogens is 601 g/mol. The molecular formula is C31H33ClN2O2RuS. The molecule has 0 radical (unpaired) electrons. The van der Waals surface area contributed by atoms with Crippen molar-refractivity contribution in [1.29, 1.82) is 0 Å². The number of aryl methyl sites for hydroxylation is 2. The quantitative estimate of drug-likeness (QED) is 0.0942. The molecule has 38 heavy (non-hydrogen) atoms. The molecule has 0 aliphatic carbocycles. The summed E-state index contributed by atoms with van der Waals surface area (Å²) in [6, 6.07) is 35.5. The summed E-state index contributed by atoms with van der Waals surface area (Å²) < 4.78 is 31.2. The van der Waals surface area contributed by atoms with Gasteiger partial charge in [0.25, 0.3) is 0 Å². The summed E-state index contributed by atoms with van der Waals surface area (Å²) in [7, 11) is 0.683. The van der Waals surface area contributed by atoms with E-state index < -0.39 is 22.1 Å². The zero-order valence-corrected chi connectivity index (χ0v) is 24.9. The third-order valence-corrected chi connectivity index (χ3v) is 7.32. The molecule has 0 saturated carbocycles. The average molecular weight is 634 g/mol. The van der Waals surface area contributed by atoms with Gasteiger partial charge in [-0.2, -0.15) is 0 Å². The van der Waals surface area contributed by atoms with Gasteiger partial charge in [-0.15, -0.1) is 18.6 Å². The topological polar surface area (TPSA) is 62.3 Å². The van der Waals surface area contributed by atoms with Crippen LogP contribution >= 0.6 is 9.69 Å². The van der Waals surface area contributed by atoms with Crippen LogP contribution in [0.15, 0.2) is 120 Å². The first kappa shape index (κ1) is 31.9. The molecule has 0 aromatic heterocycles. The number of sulfonamides is 1. The van der Waals surface area contributed by atoms with Crippen molar-refractivity contribution in [3.8, 4) is 0 Å². The van der Waals surface area contributed by atoms with E-state index in [1.807, 2.05) is 103 Å². The van der Waals surface area contributed by atoms with Crippen molar-refractivity contribution in [3.63, 3.8) is 0 Å². The molecule has 4 aromatic carbocycles. The minimum atomic E-state index is -3.89. The molecule has 4 aromatic rings. The first-order chi connectivity index (χ1) is 18.0. The molecule has 0 spiro atoms. The van der Waals surface area contributed by atoms with Gasteiger partial charge in [0.15, 0.2) is 0 Å². The van der Waals surface area contributed by atoms with Gasteiger partial charge in [-0.25, -0.2) is 8.42 Å². The molecule has 7 heteroatoms. The summed E-state index contributed by atoms with van der Waals surface area (Å²) >= 11 is 1.82. The van der Waals surface area contributed by atoms with Crippen molar-refractivity contribution in [2.45, 2.75) is 36.7 Å². The Morgan fingerprint density at radius 2 is 1.18 bits per heavy atom. The molecule has 0 N–H and O–H groups in total. The SMILES string of the molecule is Cc1ccc(S(=O)(=O)[N-][C@@H](c2ccccc2)[C@@H]([N-]CCCc2ccccc2)c2ccccc2)cc1.[CH3-].[Cl][Ru+3]. The Morgan fingerprint density at radius 3 is 1.71 bits per heavy atom. The molecule has 0 fully saturated rings. The van der Waals surface area contributed by atoms with E-state index >= 15 is 0 Å². The fourth-order valence-electron chi connectivity index (χ4n) is 4.07. The summed E-state index contributed by atoms with van der Waals surface area (Å²) in [5.41, 5.74) is 4.04. The molecule has 4 nitrogen and oxygen atoms in total. The summed E-state index contributed by atoms with van der Waals surface area (Å²) in [4.78, 5) is 0.194. The van der Waals surface area contributed by atoms with E-state index in [4.69, 9.17) is 5.32 Å². The maximum atomic E-state index is 13.4. The summed E-state index contributed by atoms with van der Waals surface area (Å²) in [5, 5.41) is 5.02. The number of hydrogen-bond acceptors (Lipinski definition) is 2. The Labute approximate surface area is 242 Å². The molecule has 0 amide bonds. The second kappa shape index (κ2) is 16.6. The van der Waals surface area contributed by atoms with Crippen molar-refractivity contribution in [3.05, 3.63) is 155 Å². The molecule has 0 bridgehead atoms. The molecule has 2 atom stereocenters. The molecule has 200 valence electrons. The van der Waals surface area contributed by atoms with Crippen LogP contribution in [-0.2, 0) is 33.8 Å². The molecule has 4 rings (SSSR count). The predicted octanol–water partition coefficient (Wildman–Crippen LogP) is 8.68. The molecule has 0 unspecified atom stereocenters. The molecule has 0 aliphatic heterocycles. The third-order valence-electron chi connectivity index (χ3n) is 5.94. The second-order valence-electron chi connectivity index (χ2n) is 8.60. The fraction of sp³-hybridized carbons (Fsp3) is 0.194. The molecule has 0 saturated heterocycles. The van der Waals surface area contributed by atoms with Gasteiger partial charge in [0.1, 0.15) is 10.0 Å². The summed E-state index contributed by atoms with van der Waals surface area (Å²) in [6.07, 6.45) is 1.79. The minimum absolute atomic E-state index is 0. The van der Waals surface area contributed by atoms with Gasteiger partial charge in [0.2, 0.25) is 0 Å². The van der Waals surface area contributed by atoms with Gasteiger partial charge in [-0.1, -0.05) is 126 Å². The maximum absolute atomic E-state index is 13.4. The number of halogens is 1. The van der Waals surface area contributed by atoms with Gasteiger partial charge in [0, 0.05) is 4.90 Å². The van der Waals surface area contributed by atoms with E-state index in [9.17, 15) is 8.42 Å². The van der Waals surface area contributed by atoms with Crippen LogP contribution in [0.1, 0.15) is 40.8 Å². The van der Waals surface area contributed by atoms with Gasteiger partial charge in [-0.05, 0) is 31.0 Å². The average Bonchev–Trinajstić information content (AvgIpc) is 2.95. The van der Waals surface area contributed by atoms with Gasteiger partial charge in [-0.3, -0.25) is 0 Å². The Hall–Kier alpha value is -2.34. The second-order valence-corrected chi connectivity index (χ2v) is 10.2. The molecule has 0 heterocycles. The van der Waals surface area contributed by atoms with Gasteiger partial charge in [0.05, 0.1) is 0 Å². The van der Waals surface area contributed by atoms with Crippen molar-refractivity contribution < 1.29 is 25.7 Å². The van der Waals surface area contributed by atoms with Crippen molar-refractivity contribution >= 4 is 19.7 Å². The summed E-state index contributed by atoms with van der Waals surface area (Å²) in [5.74, 6) is 0. The monoisotopic (exact) mass is 634 g/mol.